The van der Waals surface area contributed by atoms with Crippen molar-refractivity contribution >= 4 is 38.6 Å². The van der Waals surface area contributed by atoms with E-state index in [4.69, 9.17) is 0 Å². The fraction of sp³-hybridized carbons (Fsp3) is 0.278. The van der Waals surface area contributed by atoms with Gasteiger partial charge in [-0.2, -0.15) is 0 Å². The van der Waals surface area contributed by atoms with Crippen LogP contribution >= 0.6 is 0 Å². The van der Waals surface area contributed by atoms with E-state index >= 15 is 0 Å². The minimum atomic E-state index is -3.88. The molecule has 2 fully saturated rings. The number of amides is 1. The Morgan fingerprint density at radius 3 is 2.58 bits per heavy atom. The number of carbonyl (C=O) groups excluding carboxylic acids is 1. The van der Waals surface area contributed by atoms with Gasteiger partial charge in [-0.15, -0.1) is 0 Å². The fourth-order valence-electron chi connectivity index (χ4n) is 3.68. The molecule has 2 atom stereocenters. The van der Waals surface area contributed by atoms with E-state index in [1.807, 2.05) is 24.3 Å². The SMILES string of the molecule is CC1(C)[C@H](C(=O)O)N2C(=O)C(=Cc3cc4ccccc4cn3)[C@H]2S1(=O)=O. The van der Waals surface area contributed by atoms with E-state index in [0.29, 0.717) is 5.69 Å². The number of carboxylic acids is 1. The number of carboxylic acid groups (broad SMARTS) is 1. The van der Waals surface area contributed by atoms with Gasteiger partial charge in [0.2, 0.25) is 0 Å². The number of sulfone groups is 1. The zero-order valence-corrected chi connectivity index (χ0v) is 14.9. The molecule has 1 amide bonds. The number of carbonyl (C=O) groups is 2. The lowest BCUT2D eigenvalue weighted by molar-refractivity contribution is -0.152. The van der Waals surface area contributed by atoms with Crippen LogP contribution in [0.1, 0.15) is 19.5 Å². The molecular weight excluding hydrogens is 356 g/mol. The van der Waals surface area contributed by atoms with Crippen LogP contribution < -0.4 is 0 Å². The van der Waals surface area contributed by atoms with Crippen LogP contribution in [0, 0.1) is 0 Å². The van der Waals surface area contributed by atoms with Crippen molar-refractivity contribution in [1.29, 1.82) is 0 Å². The molecule has 2 aliphatic heterocycles. The smallest absolute Gasteiger partial charge is 0.328 e. The van der Waals surface area contributed by atoms with Gasteiger partial charge in [0.15, 0.2) is 21.3 Å². The summed E-state index contributed by atoms with van der Waals surface area (Å²) in [4.78, 5) is 29.3. The lowest BCUT2D eigenvalue weighted by Gasteiger charge is -2.37. The van der Waals surface area contributed by atoms with Crippen molar-refractivity contribution in [2.24, 2.45) is 0 Å². The van der Waals surface area contributed by atoms with Gasteiger partial charge >= 0.3 is 5.97 Å². The van der Waals surface area contributed by atoms with E-state index < -0.39 is 37.9 Å². The summed E-state index contributed by atoms with van der Waals surface area (Å²) in [6.07, 6.45) is 3.09. The molecule has 2 aliphatic rings. The monoisotopic (exact) mass is 372 g/mol. The maximum atomic E-state index is 12.8. The van der Waals surface area contributed by atoms with Crippen molar-refractivity contribution in [3.8, 4) is 0 Å². The van der Waals surface area contributed by atoms with Crippen molar-refractivity contribution in [1.82, 2.24) is 9.88 Å². The second-order valence-electron chi connectivity index (χ2n) is 7.01. The number of hydrogen-bond acceptors (Lipinski definition) is 5. The molecule has 4 rings (SSSR count). The van der Waals surface area contributed by atoms with E-state index in [2.05, 4.69) is 4.98 Å². The highest BCUT2D eigenvalue weighted by Crippen LogP contribution is 2.48. The van der Waals surface area contributed by atoms with Gasteiger partial charge < -0.3 is 10.0 Å². The Morgan fingerprint density at radius 1 is 1.27 bits per heavy atom. The van der Waals surface area contributed by atoms with E-state index in [1.165, 1.54) is 19.9 Å². The molecule has 0 aliphatic carbocycles. The molecule has 2 aromatic rings. The van der Waals surface area contributed by atoms with Gasteiger partial charge in [0, 0.05) is 11.6 Å². The van der Waals surface area contributed by atoms with Crippen LogP contribution in [-0.2, 0) is 19.4 Å². The highest BCUT2D eigenvalue weighted by molar-refractivity contribution is 7.94. The number of fused-ring (bicyclic) bond motifs is 2. The predicted octanol–water partition coefficient (Wildman–Crippen LogP) is 1.45. The lowest BCUT2D eigenvalue weighted by Crippen LogP contribution is -2.58. The predicted molar refractivity (Wildman–Crippen MR) is 94.8 cm³/mol. The molecule has 0 bridgehead atoms. The quantitative estimate of drug-likeness (QED) is 0.632. The Hall–Kier alpha value is -2.74. The first-order chi connectivity index (χ1) is 12.2. The van der Waals surface area contributed by atoms with Crippen LogP contribution in [0.15, 0.2) is 42.1 Å². The number of β-lactam (4-membered cyclic amide) rings is 1. The Kier molecular flexibility index (Phi) is 3.30. The molecule has 134 valence electrons. The summed E-state index contributed by atoms with van der Waals surface area (Å²) in [5, 5.41) is 10.0. The van der Waals surface area contributed by atoms with Gasteiger partial charge in [0.1, 0.15) is 4.75 Å². The van der Waals surface area contributed by atoms with Crippen LogP contribution in [0.2, 0.25) is 0 Å². The average Bonchev–Trinajstić information content (AvgIpc) is 2.73. The maximum Gasteiger partial charge on any atom is 0.328 e. The first-order valence-electron chi connectivity index (χ1n) is 8.01. The van der Waals surface area contributed by atoms with Crippen molar-refractivity contribution in [3.63, 3.8) is 0 Å². The fourth-order valence-corrected chi connectivity index (χ4v) is 5.80. The minimum Gasteiger partial charge on any atom is -0.480 e. The largest absolute Gasteiger partial charge is 0.480 e. The molecule has 1 N–H and O–H groups in total. The van der Waals surface area contributed by atoms with Crippen molar-refractivity contribution in [3.05, 3.63) is 47.8 Å². The maximum absolute atomic E-state index is 12.8. The number of aliphatic carboxylic acids is 1. The average molecular weight is 372 g/mol. The number of benzene rings is 1. The summed E-state index contributed by atoms with van der Waals surface area (Å²) < 4.78 is 24.1. The van der Waals surface area contributed by atoms with Crippen LogP contribution in [0.5, 0.6) is 0 Å². The third kappa shape index (κ3) is 1.99. The summed E-state index contributed by atoms with van der Waals surface area (Å²) in [6, 6.07) is 7.91. The molecule has 8 heteroatoms. The molecule has 1 aromatic heterocycles. The van der Waals surface area contributed by atoms with Gasteiger partial charge in [0.25, 0.3) is 5.91 Å². The van der Waals surface area contributed by atoms with E-state index in [-0.39, 0.29) is 5.57 Å². The molecule has 7 nitrogen and oxygen atoms in total. The molecule has 1 aromatic carbocycles. The number of hydrogen-bond donors (Lipinski definition) is 1. The van der Waals surface area contributed by atoms with Gasteiger partial charge in [-0.25, -0.2) is 13.2 Å². The molecule has 0 spiro atoms. The highest BCUT2D eigenvalue weighted by Gasteiger charge is 2.70. The molecule has 0 saturated carbocycles. The Morgan fingerprint density at radius 2 is 1.92 bits per heavy atom. The second-order valence-corrected chi connectivity index (χ2v) is 9.60. The van der Waals surface area contributed by atoms with Crippen LogP contribution in [0.3, 0.4) is 0 Å². The molecule has 26 heavy (non-hydrogen) atoms. The zero-order chi connectivity index (χ0) is 18.9. The minimum absolute atomic E-state index is 0.0598. The highest BCUT2D eigenvalue weighted by atomic mass is 32.2. The molecule has 0 radical (unpaired) electrons. The standard InChI is InChI=1S/C18H16N2O5S/c1-18(2)14(17(22)23)20-15(21)13(16(20)26(18,24)25)8-12-7-10-5-3-4-6-11(10)9-19-12/h3-9,14,16H,1-2H3,(H,22,23)/t14-,16+/m0/s1. The Labute approximate surface area is 149 Å². The van der Waals surface area contributed by atoms with E-state index in [0.717, 1.165) is 15.7 Å². The van der Waals surface area contributed by atoms with Crippen molar-refractivity contribution in [2.75, 3.05) is 0 Å². The summed E-state index contributed by atoms with van der Waals surface area (Å²) in [6.45, 7) is 2.69. The number of aromatic nitrogens is 1. The van der Waals surface area contributed by atoms with Crippen LogP contribution in [0.25, 0.3) is 16.8 Å². The number of nitrogens with zero attached hydrogens (tertiary/aromatic N) is 2. The van der Waals surface area contributed by atoms with Gasteiger partial charge in [-0.1, -0.05) is 24.3 Å². The lowest BCUT2D eigenvalue weighted by atomic mass is 9.95. The van der Waals surface area contributed by atoms with E-state index in [1.54, 1.807) is 12.3 Å². The molecule has 3 heterocycles. The number of rotatable bonds is 2. The van der Waals surface area contributed by atoms with Crippen molar-refractivity contribution < 1.29 is 23.1 Å². The third-order valence-corrected chi connectivity index (χ3v) is 7.91. The van der Waals surface area contributed by atoms with Gasteiger partial charge in [0.05, 0.1) is 11.3 Å². The summed E-state index contributed by atoms with van der Waals surface area (Å²) >= 11 is 0. The van der Waals surface area contributed by atoms with Crippen LogP contribution in [0.4, 0.5) is 0 Å². The van der Waals surface area contributed by atoms with Crippen molar-refractivity contribution in [2.45, 2.75) is 30.0 Å². The Balaban J connectivity index is 1.81. The summed E-state index contributed by atoms with van der Waals surface area (Å²) in [5.41, 5.74) is 0.517. The van der Waals surface area contributed by atoms with Gasteiger partial charge in [-0.3, -0.25) is 9.78 Å². The zero-order valence-electron chi connectivity index (χ0n) is 14.1. The van der Waals surface area contributed by atoms with E-state index in [9.17, 15) is 23.1 Å². The van der Waals surface area contributed by atoms with Gasteiger partial charge in [-0.05, 0) is 31.4 Å². The molecule has 2 saturated heterocycles. The Bertz CT molecular complexity index is 1100. The first kappa shape index (κ1) is 16.7. The number of pyridine rings is 1. The molecule has 0 unspecified atom stereocenters. The third-order valence-electron chi connectivity index (χ3n) is 5.15. The normalized spacial score (nSPS) is 27.4. The second kappa shape index (κ2) is 5.14. The summed E-state index contributed by atoms with van der Waals surface area (Å²) in [7, 11) is -3.88. The summed E-state index contributed by atoms with van der Waals surface area (Å²) in [5.74, 6) is -1.90. The van der Waals surface area contributed by atoms with Crippen LogP contribution in [-0.4, -0.2) is 51.4 Å². The topological polar surface area (TPSA) is 105 Å². The first-order valence-corrected chi connectivity index (χ1v) is 9.56. The molecular formula is C18H16N2O5S.